The summed E-state index contributed by atoms with van der Waals surface area (Å²) in [5, 5.41) is -1.25. The Balaban J connectivity index is 4.93. The highest BCUT2D eigenvalue weighted by molar-refractivity contribution is 7.81. The average Bonchev–Trinajstić information content (AvgIpc) is 2.00. The van der Waals surface area contributed by atoms with Crippen LogP contribution in [0.15, 0.2) is 23.6 Å². The van der Waals surface area contributed by atoms with E-state index in [9.17, 15) is 22.0 Å². The number of rotatable bonds is 2. The Kier molecular flexibility index (Phi) is 4.30. The summed E-state index contributed by atoms with van der Waals surface area (Å²) >= 11 is 3.39. The highest BCUT2D eigenvalue weighted by Gasteiger charge is 2.19. The molecule has 0 nitrogen and oxygen atoms in total. The van der Waals surface area contributed by atoms with Crippen molar-refractivity contribution in [1.29, 1.82) is 0 Å². The molecule has 1 atom stereocenters. The van der Waals surface area contributed by atoms with E-state index in [1.54, 1.807) is 0 Å². The lowest BCUT2D eigenvalue weighted by Gasteiger charge is -2.00. The topological polar surface area (TPSA) is 0 Å². The molecule has 0 aliphatic heterocycles. The van der Waals surface area contributed by atoms with Crippen molar-refractivity contribution < 1.29 is 22.0 Å². The van der Waals surface area contributed by atoms with Crippen molar-refractivity contribution in [2.75, 3.05) is 0 Å². The molecule has 0 aliphatic rings. The second-order valence-electron chi connectivity index (χ2n) is 1.91. The van der Waals surface area contributed by atoms with E-state index in [1.165, 1.54) is 0 Å². The Labute approximate surface area is 71.2 Å². The maximum atomic E-state index is 12.4. The Bertz CT molecular complexity index is 226. The highest BCUT2D eigenvalue weighted by atomic mass is 32.1. The predicted molar refractivity (Wildman–Crippen MR) is 38.0 cm³/mol. The van der Waals surface area contributed by atoms with Gasteiger partial charge in [-0.1, -0.05) is 0 Å². The van der Waals surface area contributed by atoms with E-state index < -0.39 is 28.8 Å². The van der Waals surface area contributed by atoms with Gasteiger partial charge in [0.1, 0.15) is 0 Å². The summed E-state index contributed by atoms with van der Waals surface area (Å²) in [6.45, 7) is 1.08. The molecular formula is C6H5F5S. The molecule has 1 unspecified atom stereocenters. The van der Waals surface area contributed by atoms with Crippen LogP contribution in [0.4, 0.5) is 22.0 Å². The summed E-state index contributed by atoms with van der Waals surface area (Å²) in [5.74, 6) is -6.32. The van der Waals surface area contributed by atoms with Crippen LogP contribution in [0.3, 0.4) is 0 Å². The van der Waals surface area contributed by atoms with Gasteiger partial charge in [-0.05, 0) is 6.92 Å². The van der Waals surface area contributed by atoms with Gasteiger partial charge in [-0.15, -0.1) is 0 Å². The first-order valence-electron chi connectivity index (χ1n) is 2.82. The quantitative estimate of drug-likeness (QED) is 0.397. The van der Waals surface area contributed by atoms with Crippen molar-refractivity contribution in [2.45, 2.75) is 12.2 Å². The molecule has 0 aliphatic carbocycles. The molecule has 0 rings (SSSR count). The first-order chi connectivity index (χ1) is 5.37. The van der Waals surface area contributed by atoms with E-state index in [0.29, 0.717) is 0 Å². The summed E-state index contributed by atoms with van der Waals surface area (Å²) in [5.41, 5.74) is 0. The molecule has 0 saturated carbocycles. The minimum absolute atomic E-state index is 1.08. The largest absolute Gasteiger partial charge is 0.308 e. The smallest absolute Gasteiger partial charge is 0.207 e. The fraction of sp³-hybridized carbons (Fsp3) is 0.333. The zero-order valence-electron chi connectivity index (χ0n) is 5.91. The van der Waals surface area contributed by atoms with Crippen molar-refractivity contribution in [3.8, 4) is 0 Å². The summed E-state index contributed by atoms with van der Waals surface area (Å²) < 4.78 is 59.2. The summed E-state index contributed by atoms with van der Waals surface area (Å²) in [7, 11) is 0. The Hall–Kier alpha value is -0.520. The first kappa shape index (κ1) is 11.5. The summed E-state index contributed by atoms with van der Waals surface area (Å²) in [4.78, 5) is 0. The first-order valence-corrected chi connectivity index (χ1v) is 3.34. The van der Waals surface area contributed by atoms with Gasteiger partial charge >= 0.3 is 6.08 Å². The minimum atomic E-state index is -2.89. The Morgan fingerprint density at radius 3 is 1.67 bits per heavy atom. The van der Waals surface area contributed by atoms with Crippen LogP contribution in [0.1, 0.15) is 6.92 Å². The Morgan fingerprint density at radius 1 is 1.00 bits per heavy atom. The van der Waals surface area contributed by atoms with Gasteiger partial charge in [0.15, 0.2) is 11.7 Å². The number of halogens is 5. The molecule has 0 bridgehead atoms. The molecule has 0 spiro atoms. The number of thiol groups is 1. The second-order valence-corrected chi connectivity index (χ2v) is 2.69. The lowest BCUT2D eigenvalue weighted by Crippen LogP contribution is -1.95. The zero-order chi connectivity index (χ0) is 9.89. The SMILES string of the molecule is CC(S)/C(F)=C(/F)C(F)=C(F)F. The third-order valence-corrected chi connectivity index (χ3v) is 1.16. The average molecular weight is 204 g/mol. The molecule has 0 fully saturated rings. The fourth-order valence-corrected chi connectivity index (χ4v) is 0.485. The van der Waals surface area contributed by atoms with Gasteiger partial charge in [-0.25, -0.2) is 8.78 Å². The maximum absolute atomic E-state index is 12.4. The molecule has 12 heavy (non-hydrogen) atoms. The summed E-state index contributed by atoms with van der Waals surface area (Å²) in [6, 6.07) is 0. The van der Waals surface area contributed by atoms with Crippen molar-refractivity contribution in [2.24, 2.45) is 0 Å². The molecule has 0 amide bonds. The van der Waals surface area contributed by atoms with Crippen LogP contribution >= 0.6 is 12.6 Å². The predicted octanol–water partition coefficient (Wildman–Crippen LogP) is 3.53. The van der Waals surface area contributed by atoms with Crippen LogP contribution in [-0.4, -0.2) is 5.25 Å². The van der Waals surface area contributed by atoms with Crippen LogP contribution in [0.2, 0.25) is 0 Å². The number of allylic oxidation sites excluding steroid dienone is 2. The van der Waals surface area contributed by atoms with Crippen LogP contribution in [0, 0.1) is 0 Å². The van der Waals surface area contributed by atoms with Crippen LogP contribution in [0.25, 0.3) is 0 Å². The minimum Gasteiger partial charge on any atom is -0.207 e. The lowest BCUT2D eigenvalue weighted by molar-refractivity contribution is 0.365. The van der Waals surface area contributed by atoms with Gasteiger partial charge in [0.05, 0.1) is 5.25 Å². The molecule has 0 N–H and O–H groups in total. The van der Waals surface area contributed by atoms with Gasteiger partial charge in [-0.2, -0.15) is 25.8 Å². The molecule has 6 heteroatoms. The van der Waals surface area contributed by atoms with Gasteiger partial charge in [-0.3, -0.25) is 0 Å². The zero-order valence-corrected chi connectivity index (χ0v) is 6.81. The number of hydrogen-bond donors (Lipinski definition) is 1. The van der Waals surface area contributed by atoms with Gasteiger partial charge in [0, 0.05) is 0 Å². The number of hydrogen-bond acceptors (Lipinski definition) is 1. The second kappa shape index (κ2) is 4.49. The monoisotopic (exact) mass is 204 g/mol. The van der Waals surface area contributed by atoms with E-state index in [0.717, 1.165) is 6.92 Å². The van der Waals surface area contributed by atoms with Crippen LogP contribution < -0.4 is 0 Å². The van der Waals surface area contributed by atoms with Crippen LogP contribution in [0.5, 0.6) is 0 Å². The van der Waals surface area contributed by atoms with Crippen molar-refractivity contribution in [3.05, 3.63) is 23.6 Å². The van der Waals surface area contributed by atoms with E-state index in [2.05, 4.69) is 12.6 Å². The van der Waals surface area contributed by atoms with E-state index in [-0.39, 0.29) is 0 Å². The lowest BCUT2D eigenvalue weighted by atomic mass is 10.3. The van der Waals surface area contributed by atoms with Crippen molar-refractivity contribution in [1.82, 2.24) is 0 Å². The molecule has 0 aromatic heterocycles. The van der Waals surface area contributed by atoms with Crippen molar-refractivity contribution in [3.63, 3.8) is 0 Å². The Morgan fingerprint density at radius 2 is 1.42 bits per heavy atom. The summed E-state index contributed by atoms with van der Waals surface area (Å²) in [6.07, 6.45) is -2.89. The standard InChI is InChI=1S/C6H5F5S/c1-2(12)3(7)4(8)5(9)6(10)11/h2,12H,1H3/b4-3-. The highest BCUT2D eigenvalue weighted by Crippen LogP contribution is 2.26. The molecule has 70 valence electrons. The molecule has 0 aromatic rings. The molecule has 0 heterocycles. The van der Waals surface area contributed by atoms with Gasteiger partial charge in [0.2, 0.25) is 5.83 Å². The third-order valence-electron chi connectivity index (χ3n) is 0.935. The van der Waals surface area contributed by atoms with E-state index in [1.807, 2.05) is 0 Å². The molecular weight excluding hydrogens is 199 g/mol. The van der Waals surface area contributed by atoms with Gasteiger partial charge < -0.3 is 0 Å². The molecule has 0 saturated heterocycles. The van der Waals surface area contributed by atoms with E-state index >= 15 is 0 Å². The maximum Gasteiger partial charge on any atom is 0.308 e. The van der Waals surface area contributed by atoms with Crippen molar-refractivity contribution >= 4 is 12.6 Å². The van der Waals surface area contributed by atoms with Gasteiger partial charge in [0.25, 0.3) is 0 Å². The van der Waals surface area contributed by atoms with Crippen LogP contribution in [-0.2, 0) is 0 Å². The molecule has 0 aromatic carbocycles. The third kappa shape index (κ3) is 2.84. The normalized spacial score (nSPS) is 15.2. The molecule has 0 radical (unpaired) electrons. The fourth-order valence-electron chi connectivity index (χ4n) is 0.371. The van der Waals surface area contributed by atoms with E-state index in [4.69, 9.17) is 0 Å².